The molecule has 1 unspecified atom stereocenters. The zero-order valence-corrected chi connectivity index (χ0v) is 13.9. The van der Waals surface area contributed by atoms with E-state index in [4.69, 9.17) is 5.73 Å². The second kappa shape index (κ2) is 5.54. The van der Waals surface area contributed by atoms with E-state index in [-0.39, 0.29) is 11.7 Å². The van der Waals surface area contributed by atoms with Crippen LogP contribution in [0.4, 0.5) is 10.8 Å². The average molecular weight is 344 g/mol. The first-order valence-electron chi connectivity index (χ1n) is 6.56. The van der Waals surface area contributed by atoms with Gasteiger partial charge < -0.3 is 11.1 Å². The molecule has 2 aromatic heterocycles. The van der Waals surface area contributed by atoms with Gasteiger partial charge in [-0.15, -0.1) is 11.3 Å². The van der Waals surface area contributed by atoms with Gasteiger partial charge in [0.1, 0.15) is 15.8 Å². The maximum atomic E-state index is 11.5. The molecule has 0 aromatic carbocycles. The molecule has 1 saturated heterocycles. The Hall–Kier alpha value is -1.19. The monoisotopic (exact) mass is 344 g/mol. The molecule has 3 rings (SSSR count). The summed E-state index contributed by atoms with van der Waals surface area (Å²) >= 11 is 2.83. The fourth-order valence-corrected chi connectivity index (χ4v) is 5.87. The van der Waals surface area contributed by atoms with Gasteiger partial charge >= 0.3 is 0 Å². The molecule has 0 radical (unpaired) electrons. The molecule has 0 aliphatic carbocycles. The lowest BCUT2D eigenvalue weighted by Crippen LogP contribution is -2.15. The van der Waals surface area contributed by atoms with E-state index < -0.39 is 9.84 Å². The summed E-state index contributed by atoms with van der Waals surface area (Å²) < 4.78 is 27.1. The Kier molecular flexibility index (Phi) is 3.89. The molecule has 21 heavy (non-hydrogen) atoms. The molecule has 114 valence electrons. The molecular formula is C12H16N4O2S3. The summed E-state index contributed by atoms with van der Waals surface area (Å²) in [7, 11) is -2.84. The Bertz CT molecular complexity index is 750. The predicted octanol–water partition coefficient (Wildman–Crippen LogP) is 2.00. The highest BCUT2D eigenvalue weighted by Gasteiger charge is 2.28. The number of hydrogen-bond acceptors (Lipinski definition) is 8. The number of nitrogens with one attached hydrogen (secondary N) is 1. The summed E-state index contributed by atoms with van der Waals surface area (Å²) in [6, 6.07) is 0. The molecule has 0 bridgehead atoms. The van der Waals surface area contributed by atoms with Crippen LogP contribution in [0.3, 0.4) is 0 Å². The Morgan fingerprint density at radius 2 is 2.33 bits per heavy atom. The highest BCUT2D eigenvalue weighted by Crippen LogP contribution is 2.38. The van der Waals surface area contributed by atoms with Crippen molar-refractivity contribution in [1.29, 1.82) is 0 Å². The second-order valence-corrected chi connectivity index (χ2v) is 9.08. The maximum absolute atomic E-state index is 11.5. The Balaban J connectivity index is 1.75. The standard InChI is InChI=1S/C12H16N4O2S3/c1-7-5-19-12(15-7)9-10(13)16-20-11(9)14-4-8-2-3-21(17,18)6-8/h5,8,14H,2-4,6H2,1H3,(H2,13,16). The number of nitrogens with two attached hydrogens (primary N) is 1. The third-order valence-corrected chi connectivity index (χ3v) is 7.06. The van der Waals surface area contributed by atoms with Crippen LogP contribution in [0, 0.1) is 12.8 Å². The van der Waals surface area contributed by atoms with Crippen molar-refractivity contribution in [1.82, 2.24) is 9.36 Å². The van der Waals surface area contributed by atoms with E-state index in [1.165, 1.54) is 22.9 Å². The van der Waals surface area contributed by atoms with Gasteiger partial charge in [0, 0.05) is 17.6 Å². The quantitative estimate of drug-likeness (QED) is 0.880. The lowest BCUT2D eigenvalue weighted by Gasteiger charge is -2.10. The molecule has 0 amide bonds. The summed E-state index contributed by atoms with van der Waals surface area (Å²) in [5, 5.41) is 6.99. The normalized spacial score (nSPS) is 20.7. The number of aromatic nitrogens is 2. The predicted molar refractivity (Wildman–Crippen MR) is 87.6 cm³/mol. The van der Waals surface area contributed by atoms with Crippen LogP contribution in [-0.2, 0) is 9.84 Å². The third kappa shape index (κ3) is 3.19. The van der Waals surface area contributed by atoms with E-state index in [2.05, 4.69) is 14.7 Å². The molecule has 3 heterocycles. The van der Waals surface area contributed by atoms with Gasteiger partial charge in [-0.1, -0.05) is 0 Å². The lowest BCUT2D eigenvalue weighted by molar-refractivity contribution is 0.596. The van der Waals surface area contributed by atoms with Gasteiger partial charge in [-0.25, -0.2) is 13.4 Å². The number of sulfone groups is 1. The van der Waals surface area contributed by atoms with Crippen molar-refractivity contribution in [2.45, 2.75) is 13.3 Å². The lowest BCUT2D eigenvalue weighted by atomic mass is 10.1. The third-order valence-electron chi connectivity index (χ3n) is 3.43. The highest BCUT2D eigenvalue weighted by atomic mass is 32.2. The van der Waals surface area contributed by atoms with Crippen molar-refractivity contribution in [3.05, 3.63) is 11.1 Å². The second-order valence-electron chi connectivity index (χ2n) is 5.22. The van der Waals surface area contributed by atoms with Crippen LogP contribution < -0.4 is 11.1 Å². The summed E-state index contributed by atoms with van der Waals surface area (Å²) in [5.74, 6) is 1.18. The van der Waals surface area contributed by atoms with Gasteiger partial charge in [-0.05, 0) is 30.8 Å². The van der Waals surface area contributed by atoms with E-state index in [9.17, 15) is 8.42 Å². The molecule has 1 aliphatic rings. The van der Waals surface area contributed by atoms with E-state index in [0.29, 0.717) is 18.1 Å². The average Bonchev–Trinajstić information content (AvgIpc) is 3.07. The van der Waals surface area contributed by atoms with Gasteiger partial charge in [0.05, 0.1) is 17.1 Å². The molecule has 0 spiro atoms. The summed E-state index contributed by atoms with van der Waals surface area (Å²) in [6.07, 6.45) is 0.718. The largest absolute Gasteiger partial charge is 0.382 e. The van der Waals surface area contributed by atoms with Gasteiger partial charge in [-0.2, -0.15) is 4.37 Å². The fourth-order valence-electron chi connectivity index (χ4n) is 2.37. The molecule has 1 aliphatic heterocycles. The summed E-state index contributed by atoms with van der Waals surface area (Å²) in [5.41, 5.74) is 7.72. The molecular weight excluding hydrogens is 328 g/mol. The van der Waals surface area contributed by atoms with Crippen LogP contribution in [0.25, 0.3) is 10.6 Å². The van der Waals surface area contributed by atoms with Crippen molar-refractivity contribution >= 4 is 43.5 Å². The van der Waals surface area contributed by atoms with E-state index in [1.54, 1.807) is 0 Å². The Morgan fingerprint density at radius 1 is 1.52 bits per heavy atom. The molecule has 1 fully saturated rings. The minimum absolute atomic E-state index is 0.157. The topological polar surface area (TPSA) is 98.0 Å². The number of aryl methyl sites for hydroxylation is 1. The van der Waals surface area contributed by atoms with Crippen molar-refractivity contribution < 1.29 is 8.42 Å². The Labute approximate surface area is 131 Å². The minimum Gasteiger partial charge on any atom is -0.382 e. The first-order valence-corrected chi connectivity index (χ1v) is 10.0. The number of thiazole rings is 1. The minimum atomic E-state index is -2.84. The van der Waals surface area contributed by atoms with E-state index >= 15 is 0 Å². The van der Waals surface area contributed by atoms with Gasteiger partial charge in [-0.3, -0.25) is 0 Å². The fraction of sp³-hybridized carbons (Fsp3) is 0.500. The SMILES string of the molecule is Cc1csc(-c2c(N)nsc2NCC2CCS(=O)(=O)C2)n1. The maximum Gasteiger partial charge on any atom is 0.150 e. The van der Waals surface area contributed by atoms with Crippen LogP contribution in [-0.4, -0.2) is 35.8 Å². The summed E-state index contributed by atoms with van der Waals surface area (Å²) in [6.45, 7) is 2.56. The zero-order valence-electron chi connectivity index (χ0n) is 11.5. The van der Waals surface area contributed by atoms with Gasteiger partial charge in [0.25, 0.3) is 0 Å². The number of nitrogens with zero attached hydrogens (tertiary/aromatic N) is 2. The first-order chi connectivity index (χ1) is 9.94. The van der Waals surface area contributed by atoms with Gasteiger partial charge in [0.15, 0.2) is 9.84 Å². The van der Waals surface area contributed by atoms with Crippen LogP contribution in [0.1, 0.15) is 12.1 Å². The van der Waals surface area contributed by atoms with E-state index in [1.807, 2.05) is 12.3 Å². The molecule has 9 heteroatoms. The van der Waals surface area contributed by atoms with Crippen LogP contribution >= 0.6 is 22.9 Å². The molecule has 6 nitrogen and oxygen atoms in total. The molecule has 1 atom stereocenters. The number of anilines is 2. The summed E-state index contributed by atoms with van der Waals surface area (Å²) in [4.78, 5) is 4.45. The smallest absolute Gasteiger partial charge is 0.150 e. The molecule has 3 N–H and O–H groups in total. The molecule has 2 aromatic rings. The zero-order chi connectivity index (χ0) is 15.0. The Morgan fingerprint density at radius 3 is 2.95 bits per heavy atom. The first kappa shape index (κ1) is 14.7. The van der Waals surface area contributed by atoms with Crippen LogP contribution in [0.5, 0.6) is 0 Å². The van der Waals surface area contributed by atoms with Crippen LogP contribution in [0.2, 0.25) is 0 Å². The number of hydrogen-bond donors (Lipinski definition) is 2. The van der Waals surface area contributed by atoms with Crippen molar-refractivity contribution in [3.63, 3.8) is 0 Å². The van der Waals surface area contributed by atoms with E-state index in [0.717, 1.165) is 27.7 Å². The molecule has 0 saturated carbocycles. The van der Waals surface area contributed by atoms with Crippen molar-refractivity contribution in [2.75, 3.05) is 29.1 Å². The van der Waals surface area contributed by atoms with Crippen molar-refractivity contribution in [2.24, 2.45) is 5.92 Å². The van der Waals surface area contributed by atoms with Crippen molar-refractivity contribution in [3.8, 4) is 10.6 Å². The van der Waals surface area contributed by atoms with Crippen LogP contribution in [0.15, 0.2) is 5.38 Å². The highest BCUT2D eigenvalue weighted by molar-refractivity contribution is 7.91. The number of rotatable bonds is 4. The van der Waals surface area contributed by atoms with Gasteiger partial charge in [0.2, 0.25) is 0 Å². The number of nitrogen functional groups attached to an aromatic ring is 1.